The van der Waals surface area contributed by atoms with Gasteiger partial charge in [-0.15, -0.1) is 0 Å². The average molecular weight is 226 g/mol. The van der Waals surface area contributed by atoms with Gasteiger partial charge in [-0.25, -0.2) is 4.98 Å². The molecule has 8 heavy (non-hydrogen) atoms. The molecule has 0 saturated heterocycles. The van der Waals surface area contributed by atoms with Gasteiger partial charge in [0, 0.05) is 7.05 Å². The van der Waals surface area contributed by atoms with Crippen molar-refractivity contribution in [1.29, 1.82) is 0 Å². The molecule has 0 bridgehead atoms. The van der Waals surface area contributed by atoms with Crippen LogP contribution in [0.3, 0.4) is 0 Å². The molecule has 44 valence electrons. The average Bonchev–Trinajstić information content (AvgIpc) is 1.98. The molecule has 0 aromatic carbocycles. The molecule has 0 amide bonds. The second-order valence-corrected chi connectivity index (χ2v) is 2.51. The van der Waals surface area contributed by atoms with Crippen LogP contribution in [0.2, 0.25) is 0 Å². The zero-order chi connectivity index (χ0) is 6.15. The van der Waals surface area contributed by atoms with Crippen molar-refractivity contribution in [2.75, 3.05) is 0 Å². The SMILES string of the molecule is Cn1c(I)cnc1F. The van der Waals surface area contributed by atoms with Gasteiger partial charge in [-0.3, -0.25) is 4.57 Å². The van der Waals surface area contributed by atoms with Gasteiger partial charge in [-0.1, -0.05) is 0 Å². The van der Waals surface area contributed by atoms with Crippen LogP contribution in [0.25, 0.3) is 0 Å². The molecular weight excluding hydrogens is 222 g/mol. The Bertz CT molecular complexity index is 176. The summed E-state index contributed by atoms with van der Waals surface area (Å²) in [6, 6.07) is 0. The van der Waals surface area contributed by atoms with Crippen molar-refractivity contribution in [3.05, 3.63) is 16.0 Å². The predicted molar refractivity (Wildman–Crippen MR) is 35.9 cm³/mol. The maximum atomic E-state index is 12.2. The van der Waals surface area contributed by atoms with E-state index in [1.807, 2.05) is 22.6 Å². The lowest BCUT2D eigenvalue weighted by Crippen LogP contribution is -1.93. The van der Waals surface area contributed by atoms with Gasteiger partial charge in [0.15, 0.2) is 0 Å². The lowest BCUT2D eigenvalue weighted by molar-refractivity contribution is 0.497. The van der Waals surface area contributed by atoms with Crippen molar-refractivity contribution in [3.63, 3.8) is 0 Å². The molecule has 0 aliphatic carbocycles. The van der Waals surface area contributed by atoms with Gasteiger partial charge in [0.05, 0.1) is 6.20 Å². The molecule has 1 aromatic heterocycles. The molecule has 0 saturated carbocycles. The normalized spacial score (nSPS) is 9.88. The second-order valence-electron chi connectivity index (χ2n) is 1.41. The third-order valence-corrected chi connectivity index (χ3v) is 1.88. The highest BCUT2D eigenvalue weighted by molar-refractivity contribution is 14.1. The van der Waals surface area contributed by atoms with Gasteiger partial charge in [0.1, 0.15) is 3.70 Å². The topological polar surface area (TPSA) is 17.8 Å². The first kappa shape index (κ1) is 6.00. The van der Waals surface area contributed by atoms with Crippen molar-refractivity contribution < 1.29 is 4.39 Å². The Labute approximate surface area is 59.9 Å². The molecule has 0 N–H and O–H groups in total. The zero-order valence-corrected chi connectivity index (χ0v) is 6.39. The Kier molecular flexibility index (Phi) is 1.50. The number of imidazole rings is 1. The lowest BCUT2D eigenvalue weighted by Gasteiger charge is -1.88. The van der Waals surface area contributed by atoms with Crippen molar-refractivity contribution >= 4 is 22.6 Å². The third kappa shape index (κ3) is 0.841. The van der Waals surface area contributed by atoms with E-state index in [9.17, 15) is 4.39 Å². The molecule has 0 aliphatic heterocycles. The van der Waals surface area contributed by atoms with Crippen molar-refractivity contribution in [2.24, 2.45) is 7.05 Å². The van der Waals surface area contributed by atoms with E-state index in [1.165, 1.54) is 10.8 Å². The molecule has 0 radical (unpaired) electrons. The number of rotatable bonds is 0. The van der Waals surface area contributed by atoms with Crippen LogP contribution in [-0.2, 0) is 7.05 Å². The molecule has 1 rings (SSSR count). The fourth-order valence-electron chi connectivity index (χ4n) is 0.368. The molecule has 1 heterocycles. The number of nitrogens with zero attached hydrogens (tertiary/aromatic N) is 2. The molecule has 2 nitrogen and oxygen atoms in total. The highest BCUT2D eigenvalue weighted by Gasteiger charge is 1.98. The molecule has 0 unspecified atom stereocenters. The van der Waals surface area contributed by atoms with E-state index in [0.717, 1.165) is 3.70 Å². The minimum atomic E-state index is -0.436. The first-order chi connectivity index (χ1) is 3.72. The highest BCUT2D eigenvalue weighted by Crippen LogP contribution is 2.02. The van der Waals surface area contributed by atoms with E-state index >= 15 is 0 Å². The van der Waals surface area contributed by atoms with Gasteiger partial charge in [-0.2, -0.15) is 4.39 Å². The summed E-state index contributed by atoms with van der Waals surface area (Å²) in [4.78, 5) is 3.40. The van der Waals surface area contributed by atoms with Crippen LogP contribution in [0.1, 0.15) is 0 Å². The molecule has 0 spiro atoms. The van der Waals surface area contributed by atoms with Crippen LogP contribution in [0, 0.1) is 9.78 Å². The summed E-state index contributed by atoms with van der Waals surface area (Å²) < 4.78 is 14.4. The summed E-state index contributed by atoms with van der Waals surface area (Å²) in [6.07, 6.45) is 1.05. The third-order valence-electron chi connectivity index (χ3n) is 0.875. The summed E-state index contributed by atoms with van der Waals surface area (Å²) in [5.74, 6) is 0. The molecule has 0 atom stereocenters. The largest absolute Gasteiger partial charge is 0.299 e. The zero-order valence-electron chi connectivity index (χ0n) is 4.23. The predicted octanol–water partition coefficient (Wildman–Crippen LogP) is 1.16. The van der Waals surface area contributed by atoms with E-state index in [-0.39, 0.29) is 0 Å². The molecule has 1 aromatic rings. The first-order valence-electron chi connectivity index (χ1n) is 2.04. The summed E-state index contributed by atoms with van der Waals surface area (Å²) in [5.41, 5.74) is 0. The standard InChI is InChI=1S/C4H4FIN2/c1-8-3(6)2-7-4(8)5/h2H,1H3. The summed E-state index contributed by atoms with van der Waals surface area (Å²) in [7, 11) is 1.63. The van der Waals surface area contributed by atoms with Crippen molar-refractivity contribution in [2.45, 2.75) is 0 Å². The van der Waals surface area contributed by atoms with Crippen molar-refractivity contribution in [3.8, 4) is 0 Å². The molecule has 0 aliphatic rings. The van der Waals surface area contributed by atoms with E-state index < -0.39 is 6.08 Å². The molecule has 0 fully saturated rings. The van der Waals surface area contributed by atoms with Crippen LogP contribution in [0.5, 0.6) is 0 Å². The second kappa shape index (κ2) is 2.00. The Morgan fingerprint density at radius 3 is 2.62 bits per heavy atom. The van der Waals surface area contributed by atoms with Crippen LogP contribution in [0.15, 0.2) is 6.20 Å². The van der Waals surface area contributed by atoms with Crippen LogP contribution in [0.4, 0.5) is 4.39 Å². The molecular formula is C4H4FIN2. The molecule has 4 heteroatoms. The van der Waals surface area contributed by atoms with Gasteiger partial charge in [0.2, 0.25) is 0 Å². The Hall–Kier alpha value is -0.130. The van der Waals surface area contributed by atoms with Gasteiger partial charge < -0.3 is 0 Å². The number of hydrogen-bond donors (Lipinski definition) is 0. The van der Waals surface area contributed by atoms with E-state index in [1.54, 1.807) is 7.05 Å². The first-order valence-corrected chi connectivity index (χ1v) is 3.12. The maximum absolute atomic E-state index is 12.2. The minimum absolute atomic E-state index is 0.436. The number of halogens is 2. The van der Waals surface area contributed by atoms with E-state index in [4.69, 9.17) is 0 Å². The van der Waals surface area contributed by atoms with Crippen molar-refractivity contribution in [1.82, 2.24) is 9.55 Å². The van der Waals surface area contributed by atoms with Crippen LogP contribution < -0.4 is 0 Å². The smallest absolute Gasteiger partial charge is 0.289 e. The van der Waals surface area contributed by atoms with E-state index in [0.29, 0.717) is 0 Å². The van der Waals surface area contributed by atoms with Gasteiger partial charge in [-0.05, 0) is 22.6 Å². The fourth-order valence-corrected chi connectivity index (χ4v) is 0.706. The fraction of sp³-hybridized carbons (Fsp3) is 0.250. The maximum Gasteiger partial charge on any atom is 0.289 e. The van der Waals surface area contributed by atoms with Gasteiger partial charge >= 0.3 is 0 Å². The summed E-state index contributed by atoms with van der Waals surface area (Å²) >= 11 is 2.01. The lowest BCUT2D eigenvalue weighted by atomic mass is 10.9. The minimum Gasteiger partial charge on any atom is -0.299 e. The Balaban J connectivity index is 3.19. The monoisotopic (exact) mass is 226 g/mol. The number of hydrogen-bond acceptors (Lipinski definition) is 1. The van der Waals surface area contributed by atoms with E-state index in [2.05, 4.69) is 4.98 Å². The van der Waals surface area contributed by atoms with Gasteiger partial charge in [0.25, 0.3) is 6.08 Å². The quantitative estimate of drug-likeness (QED) is 0.607. The Morgan fingerprint density at radius 2 is 2.50 bits per heavy atom. The van der Waals surface area contributed by atoms with Crippen LogP contribution >= 0.6 is 22.6 Å². The Morgan fingerprint density at radius 1 is 1.88 bits per heavy atom. The number of aromatic nitrogens is 2. The van der Waals surface area contributed by atoms with Crippen LogP contribution in [-0.4, -0.2) is 9.55 Å². The highest BCUT2D eigenvalue weighted by atomic mass is 127. The summed E-state index contributed by atoms with van der Waals surface area (Å²) in [6.45, 7) is 0. The summed E-state index contributed by atoms with van der Waals surface area (Å²) in [5, 5.41) is 0.